The maximum atomic E-state index is 12.8. The first-order chi connectivity index (χ1) is 14.0. The van der Waals surface area contributed by atoms with Crippen molar-refractivity contribution >= 4 is 33.4 Å². The lowest BCUT2D eigenvalue weighted by atomic mass is 10.1. The Morgan fingerprint density at radius 3 is 2.31 bits per heavy atom. The Hall–Kier alpha value is -3.89. The maximum Gasteiger partial charge on any atom is 0.263 e. The molecule has 6 nitrogen and oxygen atoms in total. The van der Waals surface area contributed by atoms with Crippen LogP contribution in [0.15, 0.2) is 89.8 Å². The molecule has 0 heterocycles. The normalized spacial score (nSPS) is 11.0. The molecule has 144 valence electrons. The van der Waals surface area contributed by atoms with Gasteiger partial charge in [-0.2, -0.15) is 5.26 Å². The lowest BCUT2D eigenvalue weighted by molar-refractivity contribution is -0.111. The smallest absolute Gasteiger partial charge is 0.263 e. The number of carbonyl (C=O) groups excluding carboxylic acids is 1. The largest absolute Gasteiger partial charge is 0.321 e. The fourth-order valence-corrected chi connectivity index (χ4v) is 3.83. The molecule has 1 amide bonds. The van der Waals surface area contributed by atoms with Crippen LogP contribution in [-0.2, 0) is 14.8 Å². The van der Waals surface area contributed by atoms with Gasteiger partial charge in [0.15, 0.2) is 0 Å². The van der Waals surface area contributed by atoms with Gasteiger partial charge >= 0.3 is 0 Å². The monoisotopic (exact) mass is 403 g/mol. The second kappa shape index (κ2) is 8.87. The van der Waals surface area contributed by atoms with E-state index in [4.69, 9.17) is 5.26 Å². The van der Waals surface area contributed by atoms with Gasteiger partial charge in [-0.3, -0.25) is 9.52 Å². The number of rotatable bonds is 6. The number of para-hydroxylation sites is 2. The molecule has 29 heavy (non-hydrogen) atoms. The highest BCUT2D eigenvalue weighted by molar-refractivity contribution is 7.92. The van der Waals surface area contributed by atoms with E-state index < -0.39 is 15.9 Å². The Morgan fingerprint density at radius 2 is 1.55 bits per heavy atom. The SMILES string of the molecule is N#Cc1ccccc1C=CC(=O)Nc1ccccc1S(=O)(=O)Nc1ccccc1. The zero-order valence-corrected chi connectivity index (χ0v) is 16.1. The molecule has 0 atom stereocenters. The molecule has 3 aromatic rings. The van der Waals surface area contributed by atoms with Gasteiger partial charge in [0.1, 0.15) is 4.90 Å². The van der Waals surface area contributed by atoms with Crippen LogP contribution < -0.4 is 10.0 Å². The Labute approximate surface area is 169 Å². The van der Waals surface area contributed by atoms with Gasteiger partial charge in [-0.1, -0.05) is 48.5 Å². The predicted molar refractivity (Wildman–Crippen MR) is 113 cm³/mol. The van der Waals surface area contributed by atoms with E-state index in [1.165, 1.54) is 24.3 Å². The van der Waals surface area contributed by atoms with Crippen LogP contribution in [0.4, 0.5) is 11.4 Å². The van der Waals surface area contributed by atoms with Crippen molar-refractivity contribution in [3.63, 3.8) is 0 Å². The molecule has 0 aliphatic rings. The van der Waals surface area contributed by atoms with Crippen LogP contribution in [0, 0.1) is 11.3 Å². The number of benzene rings is 3. The number of nitrogens with one attached hydrogen (secondary N) is 2. The zero-order valence-electron chi connectivity index (χ0n) is 15.2. The lowest BCUT2D eigenvalue weighted by Crippen LogP contribution is -2.17. The Morgan fingerprint density at radius 1 is 0.897 bits per heavy atom. The summed E-state index contributed by atoms with van der Waals surface area (Å²) in [5.41, 5.74) is 1.60. The second-order valence-electron chi connectivity index (χ2n) is 5.99. The molecule has 0 spiro atoms. The first-order valence-electron chi connectivity index (χ1n) is 8.65. The van der Waals surface area contributed by atoms with Crippen LogP contribution in [0.2, 0.25) is 0 Å². The molecule has 0 aliphatic heterocycles. The van der Waals surface area contributed by atoms with Crippen molar-refractivity contribution in [1.29, 1.82) is 5.26 Å². The topological polar surface area (TPSA) is 99.1 Å². The predicted octanol–water partition coefficient (Wildman–Crippen LogP) is 4.01. The third-order valence-electron chi connectivity index (χ3n) is 3.96. The second-order valence-corrected chi connectivity index (χ2v) is 7.64. The molecule has 2 N–H and O–H groups in total. The van der Waals surface area contributed by atoms with Crippen molar-refractivity contribution < 1.29 is 13.2 Å². The number of anilines is 2. The first kappa shape index (κ1) is 19.9. The van der Waals surface area contributed by atoms with Crippen LogP contribution in [0.5, 0.6) is 0 Å². The first-order valence-corrected chi connectivity index (χ1v) is 10.1. The van der Waals surface area contributed by atoms with Gasteiger partial charge in [0.05, 0.1) is 17.3 Å². The number of carbonyl (C=O) groups is 1. The molecule has 0 fully saturated rings. The summed E-state index contributed by atoms with van der Waals surface area (Å²) in [6, 6.07) is 23.5. The van der Waals surface area contributed by atoms with E-state index in [1.807, 2.05) is 0 Å². The molecule has 3 aromatic carbocycles. The number of sulfonamides is 1. The van der Waals surface area contributed by atoms with Gasteiger partial charge in [0, 0.05) is 11.8 Å². The van der Waals surface area contributed by atoms with Crippen LogP contribution in [0.1, 0.15) is 11.1 Å². The fourth-order valence-electron chi connectivity index (χ4n) is 2.60. The van der Waals surface area contributed by atoms with Crippen molar-refractivity contribution in [2.75, 3.05) is 10.0 Å². The number of amides is 1. The zero-order chi connectivity index (χ0) is 20.7. The lowest BCUT2D eigenvalue weighted by Gasteiger charge is -2.12. The molecular formula is C22H17N3O3S. The highest BCUT2D eigenvalue weighted by atomic mass is 32.2. The molecule has 0 radical (unpaired) electrons. The number of nitriles is 1. The van der Waals surface area contributed by atoms with E-state index in [0.29, 0.717) is 16.8 Å². The van der Waals surface area contributed by atoms with E-state index in [9.17, 15) is 13.2 Å². The summed E-state index contributed by atoms with van der Waals surface area (Å²) >= 11 is 0. The highest BCUT2D eigenvalue weighted by Crippen LogP contribution is 2.23. The quantitative estimate of drug-likeness (QED) is 0.608. The minimum atomic E-state index is -3.90. The minimum absolute atomic E-state index is 0.0528. The van der Waals surface area contributed by atoms with Crippen molar-refractivity contribution in [3.05, 3.63) is 96.1 Å². The number of hydrogen-bond acceptors (Lipinski definition) is 4. The van der Waals surface area contributed by atoms with Crippen LogP contribution >= 0.6 is 0 Å². The average molecular weight is 403 g/mol. The Bertz CT molecular complexity index is 1200. The summed E-state index contributed by atoms with van der Waals surface area (Å²) in [6.45, 7) is 0. The van der Waals surface area contributed by atoms with E-state index in [2.05, 4.69) is 16.1 Å². The summed E-state index contributed by atoms with van der Waals surface area (Å²) in [7, 11) is -3.90. The molecule has 3 rings (SSSR count). The molecule has 7 heteroatoms. The van der Waals surface area contributed by atoms with Gasteiger partial charge in [-0.15, -0.1) is 0 Å². The van der Waals surface area contributed by atoms with Gasteiger partial charge in [0.25, 0.3) is 10.0 Å². The molecule has 0 bridgehead atoms. The Balaban J connectivity index is 1.81. The van der Waals surface area contributed by atoms with Crippen molar-refractivity contribution in [2.45, 2.75) is 4.90 Å². The third kappa shape index (κ3) is 5.09. The van der Waals surface area contributed by atoms with E-state index in [0.717, 1.165) is 0 Å². The van der Waals surface area contributed by atoms with E-state index in [1.54, 1.807) is 66.7 Å². The van der Waals surface area contributed by atoms with Crippen molar-refractivity contribution in [1.82, 2.24) is 0 Å². The van der Waals surface area contributed by atoms with Gasteiger partial charge < -0.3 is 5.32 Å². The third-order valence-corrected chi connectivity index (χ3v) is 5.40. The van der Waals surface area contributed by atoms with Crippen LogP contribution in [-0.4, -0.2) is 14.3 Å². The van der Waals surface area contributed by atoms with E-state index >= 15 is 0 Å². The Kier molecular flexibility index (Phi) is 6.07. The molecular weight excluding hydrogens is 386 g/mol. The summed E-state index contributed by atoms with van der Waals surface area (Å²) in [5, 5.41) is 11.7. The molecule has 0 aliphatic carbocycles. The summed E-state index contributed by atoms with van der Waals surface area (Å²) in [6.07, 6.45) is 2.76. The molecule has 0 aromatic heterocycles. The van der Waals surface area contributed by atoms with Crippen molar-refractivity contribution in [3.8, 4) is 6.07 Å². The van der Waals surface area contributed by atoms with Crippen LogP contribution in [0.3, 0.4) is 0 Å². The van der Waals surface area contributed by atoms with Gasteiger partial charge in [-0.05, 0) is 42.0 Å². The summed E-state index contributed by atoms with van der Waals surface area (Å²) in [5.74, 6) is -0.514. The fraction of sp³-hybridized carbons (Fsp3) is 0. The molecule has 0 saturated heterocycles. The molecule has 0 saturated carbocycles. The number of nitrogens with zero attached hydrogens (tertiary/aromatic N) is 1. The maximum absolute atomic E-state index is 12.8. The van der Waals surface area contributed by atoms with Crippen molar-refractivity contribution in [2.24, 2.45) is 0 Å². The molecule has 0 unspecified atom stereocenters. The summed E-state index contributed by atoms with van der Waals surface area (Å²) < 4.78 is 28.0. The standard InChI is InChI=1S/C22H17N3O3S/c23-16-18-9-5-4-8-17(18)14-15-22(26)24-20-12-6-7-13-21(20)29(27,28)25-19-10-2-1-3-11-19/h1-15,25H,(H,24,26). The highest BCUT2D eigenvalue weighted by Gasteiger charge is 2.19. The minimum Gasteiger partial charge on any atom is -0.321 e. The van der Waals surface area contributed by atoms with Gasteiger partial charge in [-0.25, -0.2) is 8.42 Å². The van der Waals surface area contributed by atoms with Gasteiger partial charge in [0.2, 0.25) is 5.91 Å². The van der Waals surface area contributed by atoms with E-state index in [-0.39, 0.29) is 10.6 Å². The van der Waals surface area contributed by atoms with Crippen LogP contribution in [0.25, 0.3) is 6.08 Å². The average Bonchev–Trinajstić information content (AvgIpc) is 2.73. The summed E-state index contributed by atoms with van der Waals surface area (Å²) in [4.78, 5) is 12.3. The number of hydrogen-bond donors (Lipinski definition) is 2.